The van der Waals surface area contributed by atoms with Crippen molar-refractivity contribution >= 4 is 11.8 Å². The Morgan fingerprint density at radius 3 is 2.74 bits per heavy atom. The summed E-state index contributed by atoms with van der Waals surface area (Å²) in [5, 5.41) is 11.4. The quantitative estimate of drug-likeness (QED) is 0.594. The average molecular weight is 277 g/mol. The number of hydrogen-bond acceptors (Lipinski definition) is 5. The summed E-state index contributed by atoms with van der Waals surface area (Å²) in [7, 11) is 0. The third-order valence-electron chi connectivity index (χ3n) is 2.61. The number of aryl methyl sites for hydroxylation is 1. The van der Waals surface area contributed by atoms with Crippen molar-refractivity contribution in [3.05, 3.63) is 42.1 Å². The first-order valence-corrected chi connectivity index (χ1v) is 7.57. The minimum atomic E-state index is 0.701. The van der Waals surface area contributed by atoms with Gasteiger partial charge in [0.25, 0.3) is 0 Å². The van der Waals surface area contributed by atoms with E-state index in [0.29, 0.717) is 5.89 Å². The summed E-state index contributed by atoms with van der Waals surface area (Å²) in [5.41, 5.74) is 0. The molecule has 2 aromatic rings. The predicted molar refractivity (Wildman–Crippen MR) is 77.2 cm³/mol. The topological polar surface area (TPSA) is 51.0 Å². The van der Waals surface area contributed by atoms with E-state index in [-0.39, 0.29) is 0 Å². The lowest BCUT2D eigenvalue weighted by Gasteiger charge is -1.98. The average Bonchev–Trinajstić information content (AvgIpc) is 2.91. The largest absolute Gasteiger partial charge is 0.424 e. The molecule has 0 spiro atoms. The predicted octanol–water partition coefficient (Wildman–Crippen LogP) is 2.90. The van der Waals surface area contributed by atoms with Crippen LogP contribution >= 0.6 is 11.8 Å². The summed E-state index contributed by atoms with van der Waals surface area (Å²) in [6, 6.07) is 10.2. The Kier molecular flexibility index (Phi) is 5.91. The van der Waals surface area contributed by atoms with Gasteiger partial charge in [0.1, 0.15) is 0 Å². The van der Waals surface area contributed by atoms with Gasteiger partial charge >= 0.3 is 0 Å². The highest BCUT2D eigenvalue weighted by Crippen LogP contribution is 2.21. The van der Waals surface area contributed by atoms with E-state index in [1.54, 1.807) is 11.8 Å². The van der Waals surface area contributed by atoms with Crippen molar-refractivity contribution in [1.29, 1.82) is 0 Å². The Bertz CT molecular complexity index is 473. The molecule has 0 fully saturated rings. The fourth-order valence-electron chi connectivity index (χ4n) is 1.65. The van der Waals surface area contributed by atoms with Crippen LogP contribution in [0.3, 0.4) is 0 Å². The van der Waals surface area contributed by atoms with Crippen LogP contribution in [0.5, 0.6) is 0 Å². The molecular weight excluding hydrogens is 258 g/mol. The van der Waals surface area contributed by atoms with Crippen molar-refractivity contribution in [2.24, 2.45) is 0 Å². The molecular formula is C14H19N3OS. The van der Waals surface area contributed by atoms with Crippen LogP contribution in [0, 0.1) is 0 Å². The van der Waals surface area contributed by atoms with E-state index < -0.39 is 0 Å². The fourth-order valence-corrected chi connectivity index (χ4v) is 2.41. The summed E-state index contributed by atoms with van der Waals surface area (Å²) in [6.45, 7) is 4.10. The Morgan fingerprint density at radius 2 is 1.95 bits per heavy atom. The van der Waals surface area contributed by atoms with E-state index in [4.69, 9.17) is 4.42 Å². The SMILES string of the molecule is CCNCCCc1nnc(CSc2ccccc2)o1. The number of thioether (sulfide) groups is 1. The van der Waals surface area contributed by atoms with E-state index in [1.807, 2.05) is 18.2 Å². The second kappa shape index (κ2) is 7.96. The Morgan fingerprint density at radius 1 is 1.16 bits per heavy atom. The lowest BCUT2D eigenvalue weighted by molar-refractivity contribution is 0.456. The van der Waals surface area contributed by atoms with Gasteiger partial charge in [-0.05, 0) is 31.6 Å². The second-order valence-corrected chi connectivity index (χ2v) is 5.20. The zero-order chi connectivity index (χ0) is 13.3. The zero-order valence-electron chi connectivity index (χ0n) is 11.1. The van der Waals surface area contributed by atoms with Crippen LogP contribution < -0.4 is 5.32 Å². The first kappa shape index (κ1) is 14.1. The van der Waals surface area contributed by atoms with E-state index >= 15 is 0 Å². The molecule has 1 aromatic carbocycles. The van der Waals surface area contributed by atoms with Gasteiger partial charge in [0, 0.05) is 11.3 Å². The summed E-state index contributed by atoms with van der Waals surface area (Å²) in [6.07, 6.45) is 1.87. The van der Waals surface area contributed by atoms with Crippen LogP contribution in [0.1, 0.15) is 25.1 Å². The second-order valence-electron chi connectivity index (χ2n) is 4.15. The van der Waals surface area contributed by atoms with Crippen molar-refractivity contribution in [3.8, 4) is 0 Å². The molecule has 0 radical (unpaired) electrons. The smallest absolute Gasteiger partial charge is 0.226 e. The van der Waals surface area contributed by atoms with E-state index in [0.717, 1.165) is 37.6 Å². The molecule has 1 aromatic heterocycles. The fraction of sp³-hybridized carbons (Fsp3) is 0.429. The first-order valence-electron chi connectivity index (χ1n) is 6.58. The monoisotopic (exact) mass is 277 g/mol. The minimum absolute atomic E-state index is 0.701. The number of rotatable bonds is 8. The molecule has 0 aliphatic carbocycles. The molecule has 2 rings (SSSR count). The van der Waals surface area contributed by atoms with Crippen molar-refractivity contribution in [3.63, 3.8) is 0 Å². The molecule has 0 saturated carbocycles. The molecule has 0 unspecified atom stereocenters. The summed E-state index contributed by atoms with van der Waals surface area (Å²) in [5.74, 6) is 2.17. The number of nitrogens with one attached hydrogen (secondary N) is 1. The molecule has 1 heterocycles. The van der Waals surface area contributed by atoms with E-state index in [9.17, 15) is 0 Å². The van der Waals surface area contributed by atoms with Crippen LogP contribution in [-0.2, 0) is 12.2 Å². The van der Waals surface area contributed by atoms with Crippen LogP contribution in [0.4, 0.5) is 0 Å². The highest BCUT2D eigenvalue weighted by atomic mass is 32.2. The minimum Gasteiger partial charge on any atom is -0.424 e. The van der Waals surface area contributed by atoms with Gasteiger partial charge in [-0.2, -0.15) is 0 Å². The van der Waals surface area contributed by atoms with Crippen molar-refractivity contribution in [2.45, 2.75) is 30.4 Å². The molecule has 0 saturated heterocycles. The lowest BCUT2D eigenvalue weighted by atomic mass is 10.3. The Labute approximate surface area is 118 Å². The summed E-state index contributed by atoms with van der Waals surface area (Å²) < 4.78 is 5.61. The van der Waals surface area contributed by atoms with Crippen molar-refractivity contribution < 1.29 is 4.42 Å². The van der Waals surface area contributed by atoms with Crippen LogP contribution in [-0.4, -0.2) is 23.3 Å². The molecule has 5 heteroatoms. The normalized spacial score (nSPS) is 10.8. The van der Waals surface area contributed by atoms with Gasteiger partial charge in [-0.25, -0.2) is 0 Å². The molecule has 0 aliphatic heterocycles. The standard InChI is InChI=1S/C14H19N3OS/c1-2-15-10-6-9-13-16-17-14(18-13)11-19-12-7-4-3-5-8-12/h3-5,7-8,15H,2,6,9-11H2,1H3. The molecule has 0 aliphatic rings. The molecule has 0 atom stereocenters. The maximum absolute atomic E-state index is 5.61. The first-order chi connectivity index (χ1) is 9.38. The number of benzene rings is 1. The van der Waals surface area contributed by atoms with Crippen LogP contribution in [0.2, 0.25) is 0 Å². The van der Waals surface area contributed by atoms with Crippen LogP contribution in [0.15, 0.2) is 39.6 Å². The summed E-state index contributed by atoms with van der Waals surface area (Å²) in [4.78, 5) is 1.22. The van der Waals surface area contributed by atoms with E-state index in [1.165, 1.54) is 4.90 Å². The maximum atomic E-state index is 5.61. The van der Waals surface area contributed by atoms with Gasteiger partial charge in [0.15, 0.2) is 0 Å². The number of aromatic nitrogens is 2. The molecule has 102 valence electrons. The third-order valence-corrected chi connectivity index (χ3v) is 3.61. The Hall–Kier alpha value is -1.33. The van der Waals surface area contributed by atoms with Gasteiger partial charge in [-0.15, -0.1) is 22.0 Å². The number of nitrogens with zero attached hydrogens (tertiary/aromatic N) is 2. The highest BCUT2D eigenvalue weighted by Gasteiger charge is 2.06. The molecule has 1 N–H and O–H groups in total. The molecule has 0 amide bonds. The third kappa shape index (κ3) is 5.04. The number of hydrogen-bond donors (Lipinski definition) is 1. The molecule has 0 bridgehead atoms. The Balaban J connectivity index is 1.74. The van der Waals surface area contributed by atoms with Gasteiger partial charge in [0.2, 0.25) is 11.8 Å². The van der Waals surface area contributed by atoms with Crippen molar-refractivity contribution in [1.82, 2.24) is 15.5 Å². The summed E-state index contributed by atoms with van der Waals surface area (Å²) >= 11 is 1.71. The molecule has 4 nitrogen and oxygen atoms in total. The van der Waals surface area contributed by atoms with E-state index in [2.05, 4.69) is 34.6 Å². The van der Waals surface area contributed by atoms with Gasteiger partial charge in [0.05, 0.1) is 5.75 Å². The van der Waals surface area contributed by atoms with Gasteiger partial charge < -0.3 is 9.73 Å². The lowest BCUT2D eigenvalue weighted by Crippen LogP contribution is -2.14. The van der Waals surface area contributed by atoms with Crippen LogP contribution in [0.25, 0.3) is 0 Å². The van der Waals surface area contributed by atoms with Gasteiger partial charge in [-0.1, -0.05) is 25.1 Å². The highest BCUT2D eigenvalue weighted by molar-refractivity contribution is 7.98. The zero-order valence-corrected chi connectivity index (χ0v) is 11.9. The maximum Gasteiger partial charge on any atom is 0.226 e. The van der Waals surface area contributed by atoms with Gasteiger partial charge in [-0.3, -0.25) is 0 Å². The molecule has 19 heavy (non-hydrogen) atoms. The van der Waals surface area contributed by atoms with Crippen molar-refractivity contribution in [2.75, 3.05) is 13.1 Å².